The van der Waals surface area contributed by atoms with E-state index in [4.69, 9.17) is 15.0 Å². The Kier molecular flexibility index (Phi) is 9.94. The van der Waals surface area contributed by atoms with Gasteiger partial charge in [-0.3, -0.25) is 0 Å². The van der Waals surface area contributed by atoms with Gasteiger partial charge in [0, 0.05) is 89.7 Å². The van der Waals surface area contributed by atoms with Crippen molar-refractivity contribution < 1.29 is 0 Å². The molecule has 0 amide bonds. The molecule has 0 aliphatic heterocycles. The van der Waals surface area contributed by atoms with E-state index in [1.54, 1.807) is 0 Å². The number of nitriles is 1. The van der Waals surface area contributed by atoms with Crippen LogP contribution in [0.15, 0.2) is 243 Å². The maximum atomic E-state index is 10.1. The molecule has 0 fully saturated rings. The molecule has 0 radical (unpaired) electrons. The molecule has 0 spiro atoms. The third-order valence-corrected chi connectivity index (χ3v) is 17.8. The Bertz CT molecular complexity index is 5100. The van der Waals surface area contributed by atoms with Crippen LogP contribution in [0, 0.1) is 11.3 Å². The Morgan fingerprint density at radius 2 is 0.731 bits per heavy atom. The van der Waals surface area contributed by atoms with Crippen LogP contribution in [0.5, 0.6) is 0 Å². The second-order valence-corrected chi connectivity index (χ2v) is 21.9. The van der Waals surface area contributed by atoms with Gasteiger partial charge in [-0.1, -0.05) is 164 Å². The lowest BCUT2D eigenvalue weighted by atomic mass is 9.94. The number of benzene rings is 11. The van der Waals surface area contributed by atoms with Gasteiger partial charge in [0.25, 0.3) is 0 Å². The normalized spacial score (nSPS) is 11.8. The van der Waals surface area contributed by atoms with Crippen molar-refractivity contribution in [1.82, 2.24) is 24.1 Å². The van der Waals surface area contributed by atoms with E-state index in [1.165, 1.54) is 61.9 Å². The lowest BCUT2D eigenvalue weighted by molar-refractivity contribution is 1.07. The van der Waals surface area contributed by atoms with Gasteiger partial charge in [0.15, 0.2) is 17.5 Å². The molecule has 0 atom stereocenters. The lowest BCUT2D eigenvalue weighted by Crippen LogP contribution is -2.02. The molecule has 0 N–H and O–H groups in total. The van der Waals surface area contributed by atoms with Crippen molar-refractivity contribution in [3.05, 3.63) is 248 Å². The average Bonchev–Trinajstić information content (AvgIpc) is 4.29. The molecule has 8 heteroatoms. The Hall–Kier alpha value is -10.0. The summed E-state index contributed by atoms with van der Waals surface area (Å²) < 4.78 is 10.00. The van der Waals surface area contributed by atoms with Gasteiger partial charge >= 0.3 is 0 Å². The van der Waals surface area contributed by atoms with E-state index < -0.39 is 0 Å². The highest BCUT2D eigenvalue weighted by molar-refractivity contribution is 7.27. The van der Waals surface area contributed by atoms with Crippen LogP contribution in [0.2, 0.25) is 0 Å². The number of hydrogen-bond acceptors (Lipinski definition) is 6. The SMILES string of the molecule is N#Cc1ccc(-c2cc(-c3cc(-c4nc(-c5ccccc5)nc(-c5ccccc5)n4)ccc3-n3c4ccccc4c4c5sc6ccccc6c5ccc43)ccc2-n2c3ccccc3c3c4sc5ccccc5c4ccc32)cc1. The number of aromatic nitrogens is 5. The number of fused-ring (bicyclic) bond motifs is 14. The third-order valence-electron chi connectivity index (χ3n) is 15.4. The van der Waals surface area contributed by atoms with Crippen LogP contribution in [-0.2, 0) is 0 Å². The standard InChI is InChI=1S/C70H40N6S2/c71-41-42-27-29-43(30-28-42)54-39-46(31-35-58(54)75-56-23-11-7-21-52(56)64-60(75)37-33-50-48-19-9-13-25-62(48)77-66(50)64)55-40-47(70-73-68(44-15-3-1-4-16-44)72-69(74-70)45-17-5-2-6-18-45)32-36-59(55)76-57-24-12-8-22-53(57)65-61(76)38-34-51-49-20-10-14-26-63(49)78-67(51)65/h1-40H. The van der Waals surface area contributed by atoms with Gasteiger partial charge in [-0.2, -0.15) is 5.26 Å². The molecule has 16 aromatic rings. The highest BCUT2D eigenvalue weighted by atomic mass is 32.1. The maximum Gasteiger partial charge on any atom is 0.164 e. The molecule has 5 aromatic heterocycles. The molecule has 0 bridgehead atoms. The Labute approximate surface area is 455 Å². The average molecular weight is 1030 g/mol. The van der Waals surface area contributed by atoms with Gasteiger partial charge in [0.1, 0.15) is 0 Å². The summed E-state index contributed by atoms with van der Waals surface area (Å²) in [5, 5.41) is 20.0. The molecule has 0 aliphatic carbocycles. The fourth-order valence-corrected chi connectivity index (χ4v) is 14.4. The minimum absolute atomic E-state index is 0.575. The van der Waals surface area contributed by atoms with E-state index in [0.29, 0.717) is 23.0 Å². The summed E-state index contributed by atoms with van der Waals surface area (Å²) in [7, 11) is 0. The van der Waals surface area contributed by atoms with Crippen LogP contribution >= 0.6 is 22.7 Å². The molecule has 0 saturated heterocycles. The Morgan fingerprint density at radius 3 is 1.24 bits per heavy atom. The molecule has 0 aliphatic rings. The predicted octanol–water partition coefficient (Wildman–Crippen LogP) is 19.0. The van der Waals surface area contributed by atoms with Crippen LogP contribution in [0.4, 0.5) is 0 Å². The van der Waals surface area contributed by atoms with Gasteiger partial charge in [-0.15, -0.1) is 22.7 Å². The van der Waals surface area contributed by atoms with E-state index in [2.05, 4.69) is 185 Å². The highest BCUT2D eigenvalue weighted by Crippen LogP contribution is 2.48. The number of thiophene rings is 2. The smallest absolute Gasteiger partial charge is 0.164 e. The lowest BCUT2D eigenvalue weighted by Gasteiger charge is -2.19. The number of nitrogens with zero attached hydrogens (tertiary/aromatic N) is 6. The van der Waals surface area contributed by atoms with Crippen molar-refractivity contribution in [3.63, 3.8) is 0 Å². The summed E-state index contributed by atoms with van der Waals surface area (Å²) >= 11 is 3.72. The molecular formula is C70H40N6S2. The Morgan fingerprint density at radius 1 is 0.321 bits per heavy atom. The van der Waals surface area contributed by atoms with E-state index in [-0.39, 0.29) is 0 Å². The second kappa shape index (κ2) is 17.5. The summed E-state index contributed by atoms with van der Waals surface area (Å²) in [5.74, 6) is 1.78. The second-order valence-electron chi connectivity index (χ2n) is 19.8. The summed E-state index contributed by atoms with van der Waals surface area (Å²) in [5.41, 5.74) is 13.9. The maximum absolute atomic E-state index is 10.1. The largest absolute Gasteiger partial charge is 0.309 e. The zero-order valence-corrected chi connectivity index (χ0v) is 43.2. The first-order valence-corrected chi connectivity index (χ1v) is 27.6. The first-order chi connectivity index (χ1) is 38.6. The molecule has 362 valence electrons. The van der Waals surface area contributed by atoms with Crippen LogP contribution in [0.1, 0.15) is 5.56 Å². The first kappa shape index (κ1) is 44.3. The molecule has 6 nitrogen and oxygen atoms in total. The monoisotopic (exact) mass is 1030 g/mol. The van der Waals surface area contributed by atoms with Crippen molar-refractivity contribution in [2.75, 3.05) is 0 Å². The van der Waals surface area contributed by atoms with E-state index >= 15 is 0 Å². The topological polar surface area (TPSA) is 72.3 Å². The van der Waals surface area contributed by atoms with E-state index in [9.17, 15) is 5.26 Å². The summed E-state index contributed by atoms with van der Waals surface area (Å²) in [6.07, 6.45) is 0. The van der Waals surface area contributed by atoms with Crippen LogP contribution in [0.3, 0.4) is 0 Å². The molecule has 78 heavy (non-hydrogen) atoms. The van der Waals surface area contributed by atoms with Crippen molar-refractivity contribution >= 4 is 107 Å². The zero-order chi connectivity index (χ0) is 51.4. The molecule has 16 rings (SSSR count). The van der Waals surface area contributed by atoms with Crippen LogP contribution in [-0.4, -0.2) is 24.1 Å². The minimum Gasteiger partial charge on any atom is -0.309 e. The van der Waals surface area contributed by atoms with Crippen LogP contribution < -0.4 is 0 Å². The van der Waals surface area contributed by atoms with Gasteiger partial charge in [-0.05, 0) is 90.0 Å². The highest BCUT2D eigenvalue weighted by Gasteiger charge is 2.24. The van der Waals surface area contributed by atoms with Gasteiger partial charge in [0.2, 0.25) is 0 Å². The molecule has 0 saturated carbocycles. The number of rotatable bonds is 7. The third kappa shape index (κ3) is 6.82. The van der Waals surface area contributed by atoms with Gasteiger partial charge in [0.05, 0.1) is 45.1 Å². The summed E-state index contributed by atoms with van der Waals surface area (Å²) in [6.45, 7) is 0. The molecule has 11 aromatic carbocycles. The Balaban J connectivity index is 0.989. The van der Waals surface area contributed by atoms with Crippen molar-refractivity contribution in [3.8, 4) is 73.9 Å². The van der Waals surface area contributed by atoms with Gasteiger partial charge in [-0.25, -0.2) is 15.0 Å². The summed E-state index contributed by atoms with van der Waals surface area (Å²) in [6, 6.07) is 88.5. The van der Waals surface area contributed by atoms with E-state index in [0.717, 1.165) is 72.4 Å². The van der Waals surface area contributed by atoms with Crippen LogP contribution in [0.25, 0.3) is 152 Å². The molecule has 0 unspecified atom stereocenters. The molecular weight excluding hydrogens is 989 g/mol. The first-order valence-electron chi connectivity index (χ1n) is 26.0. The fraction of sp³-hybridized carbons (Fsp3) is 0. The predicted molar refractivity (Wildman–Crippen MR) is 326 cm³/mol. The van der Waals surface area contributed by atoms with Crippen molar-refractivity contribution in [2.24, 2.45) is 0 Å². The van der Waals surface area contributed by atoms with Crippen molar-refractivity contribution in [1.29, 1.82) is 5.26 Å². The minimum atomic E-state index is 0.575. The molecule has 5 heterocycles. The summed E-state index contributed by atoms with van der Waals surface area (Å²) in [4.78, 5) is 15.6. The van der Waals surface area contributed by atoms with Gasteiger partial charge < -0.3 is 9.13 Å². The number of para-hydroxylation sites is 2. The fourth-order valence-electron chi connectivity index (χ4n) is 11.9. The van der Waals surface area contributed by atoms with Crippen molar-refractivity contribution in [2.45, 2.75) is 0 Å². The zero-order valence-electron chi connectivity index (χ0n) is 41.6. The van der Waals surface area contributed by atoms with E-state index in [1.807, 2.05) is 95.5 Å². The number of hydrogen-bond donors (Lipinski definition) is 0. The quantitative estimate of drug-likeness (QED) is 0.159.